The second-order valence-corrected chi connectivity index (χ2v) is 8.65. The Labute approximate surface area is 207 Å². The average molecular weight is 484 g/mol. The summed E-state index contributed by atoms with van der Waals surface area (Å²) < 4.78 is 13.4. The normalized spacial score (nSPS) is 15.1. The highest BCUT2D eigenvalue weighted by Crippen LogP contribution is 2.26. The first kappa shape index (κ1) is 23.2. The Morgan fingerprint density at radius 2 is 1.75 bits per heavy atom. The minimum absolute atomic E-state index is 0.0697. The standard InChI is InChI=1S/C28H25N3O5/c1-18-7-5-8-19(2)25(18)36-14-12-30-16-20(22-10-3-4-11-24(22)30)15-23-26(32)29-28(34)31(27(23)33)17-21-9-6-13-35-21/h3-11,13,15-16H,12,14,17H2,1-2H3,(H,29,32,34)/b23-15-. The van der Waals surface area contributed by atoms with Gasteiger partial charge < -0.3 is 13.7 Å². The van der Waals surface area contributed by atoms with Gasteiger partial charge in [-0.3, -0.25) is 19.8 Å². The summed E-state index contributed by atoms with van der Waals surface area (Å²) in [6, 6.07) is 16.3. The summed E-state index contributed by atoms with van der Waals surface area (Å²) in [5.74, 6) is -0.0824. The number of nitrogens with one attached hydrogen (secondary N) is 1. The third-order valence-electron chi connectivity index (χ3n) is 6.19. The van der Waals surface area contributed by atoms with Gasteiger partial charge >= 0.3 is 6.03 Å². The Bertz CT molecular complexity index is 1480. The van der Waals surface area contributed by atoms with E-state index in [1.165, 1.54) is 12.3 Å². The number of amides is 4. The predicted octanol–water partition coefficient (Wildman–Crippen LogP) is 4.59. The van der Waals surface area contributed by atoms with Gasteiger partial charge in [0.05, 0.1) is 19.4 Å². The molecule has 0 spiro atoms. The van der Waals surface area contributed by atoms with Crippen molar-refractivity contribution < 1.29 is 23.5 Å². The van der Waals surface area contributed by atoms with E-state index >= 15 is 0 Å². The fourth-order valence-electron chi connectivity index (χ4n) is 4.40. The molecule has 2 aromatic heterocycles. The van der Waals surface area contributed by atoms with Crippen LogP contribution < -0.4 is 10.1 Å². The number of rotatable bonds is 7. The Kier molecular flexibility index (Phi) is 6.16. The molecule has 182 valence electrons. The van der Waals surface area contributed by atoms with Gasteiger partial charge in [-0.05, 0) is 49.2 Å². The lowest BCUT2D eigenvalue weighted by Gasteiger charge is -2.25. The van der Waals surface area contributed by atoms with Crippen molar-refractivity contribution in [3.05, 3.63) is 95.1 Å². The molecule has 1 aliphatic heterocycles. The number of hydrogen-bond acceptors (Lipinski definition) is 5. The summed E-state index contributed by atoms with van der Waals surface area (Å²) >= 11 is 0. The molecule has 4 amide bonds. The number of furan rings is 1. The Morgan fingerprint density at radius 1 is 0.972 bits per heavy atom. The molecule has 0 saturated carbocycles. The molecule has 0 aliphatic carbocycles. The highest BCUT2D eigenvalue weighted by atomic mass is 16.5. The van der Waals surface area contributed by atoms with Crippen LogP contribution in [0.1, 0.15) is 22.5 Å². The van der Waals surface area contributed by atoms with E-state index in [1.807, 2.05) is 67.1 Å². The van der Waals surface area contributed by atoms with Crippen LogP contribution in [0.3, 0.4) is 0 Å². The van der Waals surface area contributed by atoms with Gasteiger partial charge in [0.15, 0.2) is 0 Å². The average Bonchev–Trinajstić information content (AvgIpc) is 3.49. The summed E-state index contributed by atoms with van der Waals surface area (Å²) in [5, 5.41) is 3.13. The maximum absolute atomic E-state index is 13.1. The highest BCUT2D eigenvalue weighted by molar-refractivity contribution is 6.31. The van der Waals surface area contributed by atoms with Gasteiger partial charge in [-0.15, -0.1) is 0 Å². The lowest BCUT2D eigenvalue weighted by molar-refractivity contribution is -0.130. The summed E-state index contributed by atoms with van der Waals surface area (Å²) in [6.45, 7) is 4.99. The molecule has 4 aromatic rings. The zero-order valence-electron chi connectivity index (χ0n) is 20.0. The van der Waals surface area contributed by atoms with Gasteiger partial charge in [0.1, 0.15) is 23.7 Å². The van der Waals surface area contributed by atoms with E-state index in [-0.39, 0.29) is 12.1 Å². The summed E-state index contributed by atoms with van der Waals surface area (Å²) in [6.07, 6.45) is 4.88. The largest absolute Gasteiger partial charge is 0.491 e. The minimum Gasteiger partial charge on any atom is -0.491 e. The molecule has 0 bridgehead atoms. The molecule has 8 nitrogen and oxygen atoms in total. The van der Waals surface area contributed by atoms with Crippen molar-refractivity contribution in [2.75, 3.05) is 6.61 Å². The lowest BCUT2D eigenvalue weighted by atomic mass is 10.1. The number of barbiturate groups is 1. The number of imide groups is 2. The second kappa shape index (κ2) is 9.58. The zero-order chi connectivity index (χ0) is 25.2. The molecule has 0 radical (unpaired) electrons. The third-order valence-corrected chi connectivity index (χ3v) is 6.19. The number of fused-ring (bicyclic) bond motifs is 1. The Hall–Kier alpha value is -4.59. The number of aryl methyl sites for hydroxylation is 2. The Morgan fingerprint density at radius 3 is 2.50 bits per heavy atom. The number of hydrogen-bond donors (Lipinski definition) is 1. The molecule has 3 heterocycles. The van der Waals surface area contributed by atoms with Crippen LogP contribution in [-0.2, 0) is 22.7 Å². The number of ether oxygens (including phenoxy) is 1. The van der Waals surface area contributed by atoms with Crippen LogP contribution in [0.25, 0.3) is 17.0 Å². The number of para-hydroxylation sites is 2. The highest BCUT2D eigenvalue weighted by Gasteiger charge is 2.36. The molecular formula is C28H25N3O5. The topological polar surface area (TPSA) is 93.8 Å². The number of carbonyl (C=O) groups is 3. The van der Waals surface area contributed by atoms with Gasteiger partial charge in [0.2, 0.25) is 0 Å². The van der Waals surface area contributed by atoms with Gasteiger partial charge in [0, 0.05) is 22.7 Å². The van der Waals surface area contributed by atoms with E-state index in [1.54, 1.807) is 12.1 Å². The number of nitrogens with zero attached hydrogens (tertiary/aromatic N) is 2. The van der Waals surface area contributed by atoms with Crippen molar-refractivity contribution in [1.29, 1.82) is 0 Å². The fourth-order valence-corrected chi connectivity index (χ4v) is 4.40. The summed E-state index contributed by atoms with van der Waals surface area (Å²) in [7, 11) is 0. The van der Waals surface area contributed by atoms with E-state index in [0.29, 0.717) is 24.5 Å². The van der Waals surface area contributed by atoms with E-state index in [2.05, 4.69) is 5.32 Å². The molecule has 5 rings (SSSR count). The summed E-state index contributed by atoms with van der Waals surface area (Å²) in [5.41, 5.74) is 3.68. The van der Waals surface area contributed by atoms with Crippen molar-refractivity contribution in [2.45, 2.75) is 26.9 Å². The van der Waals surface area contributed by atoms with Crippen molar-refractivity contribution in [1.82, 2.24) is 14.8 Å². The van der Waals surface area contributed by atoms with Crippen LogP contribution in [0.5, 0.6) is 5.75 Å². The molecule has 1 fully saturated rings. The second-order valence-electron chi connectivity index (χ2n) is 8.65. The molecule has 2 aromatic carbocycles. The molecule has 1 aliphatic rings. The number of carbonyl (C=O) groups excluding carboxylic acids is 3. The van der Waals surface area contributed by atoms with Crippen LogP contribution in [0.15, 0.2) is 77.0 Å². The zero-order valence-corrected chi connectivity index (χ0v) is 20.0. The molecule has 36 heavy (non-hydrogen) atoms. The smallest absolute Gasteiger partial charge is 0.331 e. The SMILES string of the molecule is Cc1cccc(C)c1OCCn1cc(/C=C2/C(=O)NC(=O)N(Cc3ccco3)C2=O)c2ccccc21. The minimum atomic E-state index is -0.773. The molecule has 0 unspecified atom stereocenters. The van der Waals surface area contributed by atoms with Gasteiger partial charge in [-0.2, -0.15) is 0 Å². The number of urea groups is 1. The maximum atomic E-state index is 13.1. The first-order chi connectivity index (χ1) is 17.4. The number of benzene rings is 2. The van der Waals surface area contributed by atoms with Crippen molar-refractivity contribution in [3.8, 4) is 5.75 Å². The van der Waals surface area contributed by atoms with Crippen LogP contribution in [0, 0.1) is 13.8 Å². The fraction of sp³-hybridized carbons (Fsp3) is 0.179. The van der Waals surface area contributed by atoms with Crippen LogP contribution in [-0.4, -0.2) is 33.9 Å². The van der Waals surface area contributed by atoms with E-state index in [4.69, 9.17) is 9.15 Å². The third kappa shape index (κ3) is 4.40. The van der Waals surface area contributed by atoms with E-state index in [0.717, 1.165) is 32.7 Å². The van der Waals surface area contributed by atoms with Crippen LogP contribution in [0.2, 0.25) is 0 Å². The van der Waals surface area contributed by atoms with Crippen molar-refractivity contribution in [2.24, 2.45) is 0 Å². The van der Waals surface area contributed by atoms with E-state index < -0.39 is 17.8 Å². The van der Waals surface area contributed by atoms with Gasteiger partial charge in [-0.25, -0.2) is 4.79 Å². The maximum Gasteiger partial charge on any atom is 0.331 e. The molecule has 1 saturated heterocycles. The summed E-state index contributed by atoms with van der Waals surface area (Å²) in [4.78, 5) is 39.0. The molecular weight excluding hydrogens is 458 g/mol. The van der Waals surface area contributed by atoms with Crippen LogP contribution in [0.4, 0.5) is 4.79 Å². The van der Waals surface area contributed by atoms with Gasteiger partial charge in [-0.1, -0.05) is 36.4 Å². The van der Waals surface area contributed by atoms with Crippen molar-refractivity contribution >= 4 is 34.8 Å². The first-order valence-electron chi connectivity index (χ1n) is 11.6. The molecule has 0 atom stereocenters. The predicted molar refractivity (Wildman–Crippen MR) is 134 cm³/mol. The van der Waals surface area contributed by atoms with Gasteiger partial charge in [0.25, 0.3) is 11.8 Å². The van der Waals surface area contributed by atoms with Crippen LogP contribution >= 0.6 is 0 Å². The van der Waals surface area contributed by atoms with E-state index in [9.17, 15) is 14.4 Å². The molecule has 1 N–H and O–H groups in total. The quantitative estimate of drug-likeness (QED) is 0.307. The lowest BCUT2D eigenvalue weighted by Crippen LogP contribution is -2.53. The monoisotopic (exact) mass is 483 g/mol. The molecule has 8 heteroatoms. The Balaban J connectivity index is 1.42. The first-order valence-corrected chi connectivity index (χ1v) is 11.6. The number of aromatic nitrogens is 1. The van der Waals surface area contributed by atoms with Crippen molar-refractivity contribution in [3.63, 3.8) is 0 Å².